The van der Waals surface area contributed by atoms with Crippen LogP contribution < -0.4 is 16.2 Å². The summed E-state index contributed by atoms with van der Waals surface area (Å²) in [7, 11) is 1.44. The number of primary amides is 1. The molecular formula is C23H21ClF3N7O5. The van der Waals surface area contributed by atoms with E-state index in [1.807, 2.05) is 0 Å². The third-order valence-electron chi connectivity index (χ3n) is 5.42. The summed E-state index contributed by atoms with van der Waals surface area (Å²) >= 11 is 5.91. The van der Waals surface area contributed by atoms with Crippen molar-refractivity contribution in [3.05, 3.63) is 75.7 Å². The maximum absolute atomic E-state index is 13.2. The molecule has 2 aromatic carbocycles. The van der Waals surface area contributed by atoms with Crippen molar-refractivity contribution >= 4 is 17.7 Å². The molecule has 0 unspecified atom stereocenters. The van der Waals surface area contributed by atoms with Crippen molar-refractivity contribution < 1.29 is 32.5 Å². The number of amides is 1. The lowest BCUT2D eigenvalue weighted by Crippen LogP contribution is -2.37. The number of ether oxygens (including phenoxy) is 2. The zero-order valence-electron chi connectivity index (χ0n) is 20.2. The van der Waals surface area contributed by atoms with E-state index in [-0.39, 0.29) is 36.2 Å². The van der Waals surface area contributed by atoms with Gasteiger partial charge in [0.15, 0.2) is 30.2 Å². The minimum atomic E-state index is -4.97. The van der Waals surface area contributed by atoms with Crippen LogP contribution in [0, 0.1) is 0 Å². The second-order valence-electron chi connectivity index (χ2n) is 8.07. The molecule has 0 saturated heterocycles. The van der Waals surface area contributed by atoms with Crippen LogP contribution in [0.1, 0.15) is 11.6 Å². The minimum absolute atomic E-state index is 0.00903. The van der Waals surface area contributed by atoms with Gasteiger partial charge in [0.05, 0.1) is 13.7 Å². The number of nitrogens with two attached hydrogens (primary N) is 1. The van der Waals surface area contributed by atoms with E-state index in [0.717, 1.165) is 4.68 Å². The predicted molar refractivity (Wildman–Crippen MR) is 130 cm³/mol. The number of nitrogens with zero attached hydrogens (tertiary/aromatic N) is 6. The highest BCUT2D eigenvalue weighted by molar-refractivity contribution is 6.30. The number of carbonyl (C=O) groups excluding carboxylic acids is 1. The molecule has 0 saturated carbocycles. The van der Waals surface area contributed by atoms with Crippen LogP contribution >= 0.6 is 11.6 Å². The minimum Gasteiger partial charge on any atom is -0.494 e. The lowest BCUT2D eigenvalue weighted by atomic mass is 10.2. The van der Waals surface area contributed by atoms with Crippen LogP contribution in [0.15, 0.2) is 53.3 Å². The van der Waals surface area contributed by atoms with Gasteiger partial charge in [-0.2, -0.15) is 13.2 Å². The highest BCUT2D eigenvalue weighted by Gasteiger charge is 2.39. The molecule has 16 heteroatoms. The molecule has 1 atom stereocenters. The van der Waals surface area contributed by atoms with E-state index in [9.17, 15) is 27.9 Å². The van der Waals surface area contributed by atoms with Gasteiger partial charge in [0.25, 0.3) is 0 Å². The number of aliphatic hydroxyl groups excluding tert-OH is 1. The summed E-state index contributed by atoms with van der Waals surface area (Å²) < 4.78 is 52.4. The van der Waals surface area contributed by atoms with Gasteiger partial charge >= 0.3 is 18.0 Å². The number of hydrogen-bond donors (Lipinski definition) is 2. The fourth-order valence-corrected chi connectivity index (χ4v) is 3.74. The van der Waals surface area contributed by atoms with Crippen LogP contribution in [-0.2, 0) is 24.4 Å². The first-order valence-corrected chi connectivity index (χ1v) is 11.5. The molecule has 4 aromatic rings. The molecular weight excluding hydrogens is 547 g/mol. The molecule has 4 rings (SSSR count). The summed E-state index contributed by atoms with van der Waals surface area (Å²) in [6, 6.07) is 12.6. The van der Waals surface area contributed by atoms with E-state index in [2.05, 4.69) is 15.2 Å². The molecule has 206 valence electrons. The molecule has 2 aromatic heterocycles. The monoisotopic (exact) mass is 567 g/mol. The Kier molecular flexibility index (Phi) is 7.92. The van der Waals surface area contributed by atoms with Gasteiger partial charge in [0, 0.05) is 10.6 Å². The Morgan fingerprint density at radius 2 is 1.85 bits per heavy atom. The second-order valence-corrected chi connectivity index (χ2v) is 8.51. The molecule has 0 spiro atoms. The standard InChI is InChI=1S/C23H21ClF3N7O5/c1-38-16-5-3-2-4-15(16)34-19(12-39-21(28)36)29-18(30-34)11-33-22(37)32(10-17(35)23(25,26)27)20(31-33)13-6-8-14(24)9-7-13/h2-9,17,35H,10-12H2,1H3,(H2,28,36)/t17-/m0/s1. The summed E-state index contributed by atoms with van der Waals surface area (Å²) in [5, 5.41) is 18.6. The molecule has 0 fully saturated rings. The zero-order chi connectivity index (χ0) is 28.3. The van der Waals surface area contributed by atoms with Crippen molar-refractivity contribution in [1.82, 2.24) is 29.1 Å². The van der Waals surface area contributed by atoms with Crippen molar-refractivity contribution in [1.29, 1.82) is 0 Å². The third-order valence-corrected chi connectivity index (χ3v) is 5.68. The van der Waals surface area contributed by atoms with Crippen molar-refractivity contribution in [2.45, 2.75) is 32.0 Å². The summed E-state index contributed by atoms with van der Waals surface area (Å²) in [6.07, 6.45) is -8.85. The maximum Gasteiger partial charge on any atom is 0.416 e. The number of methoxy groups -OCH3 is 1. The maximum atomic E-state index is 13.2. The number of aromatic nitrogens is 6. The highest BCUT2D eigenvalue weighted by atomic mass is 35.5. The number of aliphatic hydroxyl groups is 1. The Balaban J connectivity index is 1.77. The van der Waals surface area contributed by atoms with E-state index in [1.54, 1.807) is 24.3 Å². The molecule has 0 aliphatic rings. The van der Waals surface area contributed by atoms with E-state index in [1.165, 1.54) is 36.1 Å². The lowest BCUT2D eigenvalue weighted by molar-refractivity contribution is -0.207. The fourth-order valence-electron chi connectivity index (χ4n) is 3.62. The number of benzene rings is 2. The fraction of sp³-hybridized carbons (Fsp3) is 0.261. The Hall–Kier alpha value is -4.37. The highest BCUT2D eigenvalue weighted by Crippen LogP contribution is 2.25. The Morgan fingerprint density at radius 3 is 2.49 bits per heavy atom. The van der Waals surface area contributed by atoms with Crippen LogP contribution in [0.4, 0.5) is 18.0 Å². The van der Waals surface area contributed by atoms with Crippen LogP contribution in [-0.4, -0.2) is 59.7 Å². The van der Waals surface area contributed by atoms with Gasteiger partial charge in [-0.25, -0.2) is 23.9 Å². The first-order chi connectivity index (χ1) is 18.5. The number of halogens is 4. The molecule has 1 amide bonds. The number of hydrogen-bond acceptors (Lipinski definition) is 8. The Labute approximate surface area is 223 Å². The number of rotatable bonds is 9. The van der Waals surface area contributed by atoms with Crippen LogP contribution in [0.5, 0.6) is 5.75 Å². The summed E-state index contributed by atoms with van der Waals surface area (Å²) in [5.41, 5.74) is 4.84. The SMILES string of the molecule is COc1ccccc1-n1nc(Cn2nc(-c3ccc(Cl)cc3)n(C[C@H](O)C(F)(F)F)c2=O)nc1COC(N)=O. The molecule has 0 bridgehead atoms. The van der Waals surface area contributed by atoms with Gasteiger partial charge in [-0.15, -0.1) is 10.2 Å². The average Bonchev–Trinajstić information content (AvgIpc) is 3.43. The van der Waals surface area contributed by atoms with Crippen LogP contribution in [0.25, 0.3) is 17.1 Å². The molecule has 3 N–H and O–H groups in total. The summed E-state index contributed by atoms with van der Waals surface area (Å²) in [5.74, 6) is 0.393. The molecule has 0 radical (unpaired) electrons. The topological polar surface area (TPSA) is 152 Å². The van der Waals surface area contributed by atoms with Gasteiger partial charge in [-0.3, -0.25) is 4.57 Å². The average molecular weight is 568 g/mol. The second kappa shape index (κ2) is 11.2. The molecule has 0 aliphatic carbocycles. The van der Waals surface area contributed by atoms with Gasteiger partial charge in [-0.1, -0.05) is 23.7 Å². The van der Waals surface area contributed by atoms with Crippen molar-refractivity contribution in [3.8, 4) is 22.8 Å². The molecule has 2 heterocycles. The van der Waals surface area contributed by atoms with E-state index >= 15 is 0 Å². The first-order valence-electron chi connectivity index (χ1n) is 11.2. The summed E-state index contributed by atoms with van der Waals surface area (Å²) in [4.78, 5) is 28.7. The van der Waals surface area contributed by atoms with Gasteiger partial charge in [-0.05, 0) is 36.4 Å². The van der Waals surface area contributed by atoms with Gasteiger partial charge in [0.1, 0.15) is 18.0 Å². The van der Waals surface area contributed by atoms with Crippen molar-refractivity contribution in [2.24, 2.45) is 5.73 Å². The molecule has 0 aliphatic heterocycles. The van der Waals surface area contributed by atoms with Crippen LogP contribution in [0.3, 0.4) is 0 Å². The lowest BCUT2D eigenvalue weighted by Gasteiger charge is -2.15. The normalized spacial score (nSPS) is 12.4. The quantitative estimate of drug-likeness (QED) is 0.313. The smallest absolute Gasteiger partial charge is 0.416 e. The van der Waals surface area contributed by atoms with Gasteiger partial charge < -0.3 is 20.3 Å². The molecule has 39 heavy (non-hydrogen) atoms. The number of carbonyl (C=O) groups is 1. The number of para-hydroxylation sites is 2. The largest absolute Gasteiger partial charge is 0.494 e. The molecule has 12 nitrogen and oxygen atoms in total. The number of alkyl halides is 3. The van der Waals surface area contributed by atoms with E-state index < -0.39 is 30.6 Å². The Morgan fingerprint density at radius 1 is 1.15 bits per heavy atom. The van der Waals surface area contributed by atoms with E-state index in [0.29, 0.717) is 21.0 Å². The summed E-state index contributed by atoms with van der Waals surface area (Å²) in [6.45, 7) is -1.85. The van der Waals surface area contributed by atoms with Crippen molar-refractivity contribution in [2.75, 3.05) is 7.11 Å². The van der Waals surface area contributed by atoms with E-state index in [4.69, 9.17) is 26.8 Å². The third kappa shape index (κ3) is 6.21. The predicted octanol–water partition coefficient (Wildman–Crippen LogP) is 2.52. The van der Waals surface area contributed by atoms with Crippen LogP contribution in [0.2, 0.25) is 5.02 Å². The first kappa shape index (κ1) is 27.7. The van der Waals surface area contributed by atoms with Gasteiger partial charge in [0.2, 0.25) is 0 Å². The Bertz CT molecular complexity index is 1530. The zero-order valence-corrected chi connectivity index (χ0v) is 20.9. The van der Waals surface area contributed by atoms with Crippen molar-refractivity contribution in [3.63, 3.8) is 0 Å².